The van der Waals surface area contributed by atoms with E-state index < -0.39 is 17.7 Å². The third-order valence-electron chi connectivity index (χ3n) is 3.75. The van der Waals surface area contributed by atoms with Crippen molar-refractivity contribution in [1.29, 1.82) is 0 Å². The van der Waals surface area contributed by atoms with Gasteiger partial charge in [0.15, 0.2) is 0 Å². The minimum absolute atomic E-state index is 0.00779. The third kappa shape index (κ3) is 3.04. The number of anilines is 1. The number of hydrogen-bond donors (Lipinski definition) is 1. The molecule has 0 aliphatic carbocycles. The Hall–Kier alpha value is -1.98. The van der Waals surface area contributed by atoms with E-state index in [2.05, 4.69) is 5.32 Å². The number of carbonyl (C=O) groups excluding carboxylic acids is 2. The summed E-state index contributed by atoms with van der Waals surface area (Å²) in [6.45, 7) is 3.82. The maximum atomic E-state index is 13.6. The second kappa shape index (κ2) is 6.20. The van der Waals surface area contributed by atoms with Gasteiger partial charge in [0.05, 0.1) is 12.1 Å². The van der Waals surface area contributed by atoms with Gasteiger partial charge in [-0.25, -0.2) is 8.78 Å². The average molecular weight is 296 g/mol. The molecule has 114 valence electrons. The van der Waals surface area contributed by atoms with Gasteiger partial charge in [-0.2, -0.15) is 0 Å². The predicted octanol–water partition coefficient (Wildman–Crippen LogP) is 2.69. The van der Waals surface area contributed by atoms with Crippen LogP contribution in [0.5, 0.6) is 0 Å². The number of benzene rings is 1. The van der Waals surface area contributed by atoms with Crippen LogP contribution in [0.1, 0.15) is 33.1 Å². The van der Waals surface area contributed by atoms with Gasteiger partial charge in [0.2, 0.25) is 5.91 Å². The Morgan fingerprint density at radius 3 is 2.52 bits per heavy atom. The number of amides is 2. The molecule has 0 radical (unpaired) electrons. The lowest BCUT2D eigenvalue weighted by Crippen LogP contribution is -2.41. The summed E-state index contributed by atoms with van der Waals surface area (Å²) in [5.74, 6) is -2.08. The fraction of sp³-hybridized carbons (Fsp3) is 0.467. The number of rotatable bonds is 5. The number of carbonyl (C=O) groups is 2. The molecule has 6 heteroatoms. The van der Waals surface area contributed by atoms with E-state index in [1.165, 1.54) is 11.0 Å². The quantitative estimate of drug-likeness (QED) is 0.850. The van der Waals surface area contributed by atoms with E-state index in [9.17, 15) is 18.4 Å². The molecule has 1 saturated heterocycles. The molecule has 0 aromatic heterocycles. The maximum Gasteiger partial charge on any atom is 0.252 e. The predicted molar refractivity (Wildman–Crippen MR) is 74.6 cm³/mol. The van der Waals surface area contributed by atoms with E-state index in [1.807, 2.05) is 13.8 Å². The summed E-state index contributed by atoms with van der Waals surface area (Å²) in [6.07, 6.45) is 1.36. The first-order chi connectivity index (χ1) is 9.97. The van der Waals surface area contributed by atoms with E-state index >= 15 is 0 Å². The number of likely N-dealkylation sites (tertiary alicyclic amines) is 1. The number of nitrogens with zero attached hydrogens (tertiary/aromatic N) is 1. The smallest absolute Gasteiger partial charge is 0.252 e. The van der Waals surface area contributed by atoms with Crippen molar-refractivity contribution in [2.24, 2.45) is 0 Å². The Labute approximate surface area is 122 Å². The van der Waals surface area contributed by atoms with Crippen LogP contribution in [-0.2, 0) is 9.59 Å². The molecule has 1 aliphatic rings. The monoisotopic (exact) mass is 296 g/mol. The molecule has 4 nitrogen and oxygen atoms in total. The van der Waals surface area contributed by atoms with E-state index in [0.29, 0.717) is 12.8 Å². The van der Waals surface area contributed by atoms with Gasteiger partial charge in [-0.3, -0.25) is 14.5 Å². The van der Waals surface area contributed by atoms with Crippen molar-refractivity contribution in [3.05, 3.63) is 29.8 Å². The number of halogens is 2. The lowest BCUT2D eigenvalue weighted by molar-refractivity contribution is -0.141. The molecule has 1 unspecified atom stereocenters. The fourth-order valence-corrected chi connectivity index (χ4v) is 2.60. The topological polar surface area (TPSA) is 49.4 Å². The molecule has 2 amide bonds. The van der Waals surface area contributed by atoms with Crippen molar-refractivity contribution in [1.82, 2.24) is 4.90 Å². The molecular weight excluding hydrogens is 278 g/mol. The van der Waals surface area contributed by atoms with Crippen molar-refractivity contribution in [3.63, 3.8) is 0 Å². The van der Waals surface area contributed by atoms with Crippen LogP contribution in [0.2, 0.25) is 0 Å². The van der Waals surface area contributed by atoms with Crippen LogP contribution in [0, 0.1) is 11.6 Å². The summed E-state index contributed by atoms with van der Waals surface area (Å²) in [5.41, 5.74) is 0.0222. The molecule has 1 fully saturated rings. The summed E-state index contributed by atoms with van der Waals surface area (Å²) in [4.78, 5) is 25.6. The zero-order valence-corrected chi connectivity index (χ0v) is 12.0. The summed E-state index contributed by atoms with van der Waals surface area (Å²) in [6, 6.07) is 2.14. The van der Waals surface area contributed by atoms with Crippen molar-refractivity contribution >= 4 is 17.5 Å². The highest BCUT2D eigenvalue weighted by atomic mass is 19.1. The molecule has 0 bridgehead atoms. The van der Waals surface area contributed by atoms with Crippen LogP contribution in [-0.4, -0.2) is 28.8 Å². The Bertz CT molecular complexity index is 559. The van der Waals surface area contributed by atoms with Gasteiger partial charge in [0, 0.05) is 12.1 Å². The van der Waals surface area contributed by atoms with Crippen LogP contribution >= 0.6 is 0 Å². The Balaban J connectivity index is 2.15. The standard InChI is InChI=1S/C15H18F2N2O2/c1-3-10(4-2)19-14(20)8-13(15(19)21)18-12-6-5-9(16)7-11(12)17/h5-7,10,13,18H,3-4,8H2,1-2H3. The first-order valence-corrected chi connectivity index (χ1v) is 7.05. The molecule has 1 aliphatic heterocycles. The molecule has 0 saturated carbocycles. The molecule has 2 rings (SSSR count). The zero-order valence-electron chi connectivity index (χ0n) is 12.0. The molecule has 1 aromatic rings. The van der Waals surface area contributed by atoms with E-state index in [0.717, 1.165) is 12.1 Å². The molecule has 1 atom stereocenters. The van der Waals surface area contributed by atoms with Crippen LogP contribution in [0.15, 0.2) is 18.2 Å². The second-order valence-corrected chi connectivity index (χ2v) is 5.10. The summed E-state index contributed by atoms with van der Waals surface area (Å²) < 4.78 is 26.5. The lowest BCUT2D eigenvalue weighted by atomic mass is 10.1. The van der Waals surface area contributed by atoms with Crippen molar-refractivity contribution in [2.45, 2.75) is 45.2 Å². The van der Waals surface area contributed by atoms with Gasteiger partial charge >= 0.3 is 0 Å². The Morgan fingerprint density at radius 1 is 1.29 bits per heavy atom. The lowest BCUT2D eigenvalue weighted by Gasteiger charge is -2.24. The maximum absolute atomic E-state index is 13.6. The highest BCUT2D eigenvalue weighted by Crippen LogP contribution is 2.24. The fourth-order valence-electron chi connectivity index (χ4n) is 2.60. The Kier molecular flexibility index (Phi) is 4.55. The van der Waals surface area contributed by atoms with Gasteiger partial charge in [-0.1, -0.05) is 13.8 Å². The van der Waals surface area contributed by atoms with Crippen molar-refractivity contribution < 1.29 is 18.4 Å². The molecule has 0 spiro atoms. The number of imide groups is 1. The van der Waals surface area contributed by atoms with Crippen LogP contribution in [0.4, 0.5) is 14.5 Å². The van der Waals surface area contributed by atoms with E-state index in [-0.39, 0.29) is 30.0 Å². The summed E-state index contributed by atoms with van der Waals surface area (Å²) in [5, 5.41) is 2.70. The van der Waals surface area contributed by atoms with E-state index in [4.69, 9.17) is 0 Å². The molecular formula is C15H18F2N2O2. The van der Waals surface area contributed by atoms with Gasteiger partial charge in [0.1, 0.15) is 17.7 Å². The summed E-state index contributed by atoms with van der Waals surface area (Å²) in [7, 11) is 0. The second-order valence-electron chi connectivity index (χ2n) is 5.10. The average Bonchev–Trinajstić information content (AvgIpc) is 2.71. The van der Waals surface area contributed by atoms with E-state index in [1.54, 1.807) is 0 Å². The normalized spacial score (nSPS) is 18.7. The largest absolute Gasteiger partial charge is 0.371 e. The van der Waals surface area contributed by atoms with Gasteiger partial charge in [-0.15, -0.1) is 0 Å². The third-order valence-corrected chi connectivity index (χ3v) is 3.75. The van der Waals surface area contributed by atoms with Crippen molar-refractivity contribution in [3.8, 4) is 0 Å². The first kappa shape index (κ1) is 15.4. The van der Waals surface area contributed by atoms with Crippen LogP contribution in [0.3, 0.4) is 0 Å². The first-order valence-electron chi connectivity index (χ1n) is 7.05. The van der Waals surface area contributed by atoms with Crippen LogP contribution in [0.25, 0.3) is 0 Å². The highest BCUT2D eigenvalue weighted by molar-refractivity contribution is 6.07. The highest BCUT2D eigenvalue weighted by Gasteiger charge is 2.41. The van der Waals surface area contributed by atoms with Gasteiger partial charge in [-0.05, 0) is 25.0 Å². The summed E-state index contributed by atoms with van der Waals surface area (Å²) >= 11 is 0. The molecule has 21 heavy (non-hydrogen) atoms. The van der Waals surface area contributed by atoms with Crippen molar-refractivity contribution in [2.75, 3.05) is 5.32 Å². The minimum Gasteiger partial charge on any atom is -0.371 e. The Morgan fingerprint density at radius 2 is 1.95 bits per heavy atom. The zero-order chi connectivity index (χ0) is 15.6. The number of nitrogens with one attached hydrogen (secondary N) is 1. The van der Waals surface area contributed by atoms with Gasteiger partial charge < -0.3 is 5.32 Å². The molecule has 1 aromatic carbocycles. The van der Waals surface area contributed by atoms with Crippen LogP contribution < -0.4 is 5.32 Å². The van der Waals surface area contributed by atoms with Gasteiger partial charge in [0.25, 0.3) is 5.91 Å². The minimum atomic E-state index is -0.793. The molecule has 1 heterocycles. The molecule has 1 N–H and O–H groups in total. The number of hydrogen-bond acceptors (Lipinski definition) is 3. The SMILES string of the molecule is CCC(CC)N1C(=O)CC(Nc2ccc(F)cc2F)C1=O.